The molecule has 4 aromatic carbocycles. The van der Waals surface area contributed by atoms with Crippen molar-refractivity contribution in [3.63, 3.8) is 0 Å². The van der Waals surface area contributed by atoms with Crippen molar-refractivity contribution < 1.29 is 33.4 Å². The monoisotopic (exact) mass is 745 g/mol. The first-order chi connectivity index (χ1) is 22.6. The summed E-state index contributed by atoms with van der Waals surface area (Å²) < 4.78 is 18.1. The Balaban J connectivity index is 1.32. The molecule has 0 aromatic heterocycles. The van der Waals surface area contributed by atoms with Crippen LogP contribution >= 0.6 is 22.6 Å². The first-order valence-corrected chi connectivity index (χ1v) is 15.9. The normalized spacial score (nSPS) is 13.7. The van der Waals surface area contributed by atoms with Crippen LogP contribution < -0.4 is 29.7 Å². The van der Waals surface area contributed by atoms with E-state index < -0.39 is 17.8 Å². The van der Waals surface area contributed by atoms with Crippen LogP contribution in [-0.2, 0) is 21.0 Å². The second-order valence-electron chi connectivity index (χ2n) is 10.6. The standard InChI is InChI=1S/C36H32IN3O7/c1-4-45-31-19-25(18-29(37)33(31)47-21-32(41)38-30-12-8-9-22(2)23(30)3)17-28-34(42)39-36(44)40(35(28)43)26-13-15-27(16-14-26)46-20-24-10-6-5-7-11-24/h5-19H,4,20-21H2,1-3H3,(H,38,41)(H,39,42,44)/b28-17-. The van der Waals surface area contributed by atoms with E-state index in [1.807, 2.05) is 85.0 Å². The molecule has 0 saturated carbocycles. The van der Waals surface area contributed by atoms with Gasteiger partial charge in [0.15, 0.2) is 18.1 Å². The van der Waals surface area contributed by atoms with Crippen molar-refractivity contribution in [2.75, 3.05) is 23.4 Å². The lowest BCUT2D eigenvalue weighted by Crippen LogP contribution is -2.54. The number of rotatable bonds is 11. The maximum atomic E-state index is 13.5. The second kappa shape index (κ2) is 14.9. The van der Waals surface area contributed by atoms with Crippen molar-refractivity contribution in [2.45, 2.75) is 27.4 Å². The van der Waals surface area contributed by atoms with Crippen LogP contribution in [0.2, 0.25) is 0 Å². The van der Waals surface area contributed by atoms with Crippen LogP contribution in [0.25, 0.3) is 6.08 Å². The lowest BCUT2D eigenvalue weighted by Gasteiger charge is -2.26. The summed E-state index contributed by atoms with van der Waals surface area (Å²) in [5.74, 6) is -0.723. The molecule has 5 amide bonds. The first-order valence-electron chi connectivity index (χ1n) is 14.8. The van der Waals surface area contributed by atoms with Gasteiger partial charge in [0.1, 0.15) is 17.9 Å². The number of barbiturate groups is 1. The van der Waals surface area contributed by atoms with Crippen molar-refractivity contribution in [3.05, 3.63) is 116 Å². The summed E-state index contributed by atoms with van der Waals surface area (Å²) in [6, 6.07) is 24.2. The molecule has 2 N–H and O–H groups in total. The lowest BCUT2D eigenvalue weighted by atomic mass is 10.1. The van der Waals surface area contributed by atoms with Crippen molar-refractivity contribution in [1.29, 1.82) is 0 Å². The molecule has 11 heteroatoms. The van der Waals surface area contributed by atoms with E-state index in [1.54, 1.807) is 43.3 Å². The molecular formula is C36H32IN3O7. The number of ether oxygens (including phenoxy) is 3. The molecule has 47 heavy (non-hydrogen) atoms. The summed E-state index contributed by atoms with van der Waals surface area (Å²) in [7, 11) is 0. The van der Waals surface area contributed by atoms with E-state index in [0.29, 0.717) is 45.3 Å². The minimum atomic E-state index is -0.859. The van der Waals surface area contributed by atoms with Gasteiger partial charge in [-0.3, -0.25) is 19.7 Å². The Morgan fingerprint density at radius 1 is 0.915 bits per heavy atom. The molecule has 0 bridgehead atoms. The molecule has 5 rings (SSSR count). The Labute approximate surface area is 285 Å². The number of aryl methyl sites for hydroxylation is 1. The number of nitrogens with one attached hydrogen (secondary N) is 2. The van der Waals surface area contributed by atoms with Crippen LogP contribution in [0.5, 0.6) is 17.2 Å². The minimum absolute atomic E-state index is 0.242. The van der Waals surface area contributed by atoms with Gasteiger partial charge < -0.3 is 19.5 Å². The number of hydrogen-bond donors (Lipinski definition) is 2. The predicted molar refractivity (Wildman–Crippen MR) is 187 cm³/mol. The van der Waals surface area contributed by atoms with E-state index in [1.165, 1.54) is 6.08 Å². The number of amides is 5. The SMILES string of the molecule is CCOc1cc(/C=C2/C(=O)NC(=O)N(c3ccc(OCc4ccccc4)cc3)C2=O)cc(I)c1OCC(=O)Nc1cccc(C)c1C. The Hall–Kier alpha value is -5.17. The maximum Gasteiger partial charge on any atom is 0.335 e. The molecule has 0 atom stereocenters. The minimum Gasteiger partial charge on any atom is -0.490 e. The molecule has 240 valence electrons. The van der Waals surface area contributed by atoms with Crippen LogP contribution in [0.15, 0.2) is 90.5 Å². The van der Waals surface area contributed by atoms with Gasteiger partial charge in [0.25, 0.3) is 17.7 Å². The average molecular weight is 746 g/mol. The van der Waals surface area contributed by atoms with Gasteiger partial charge in [-0.1, -0.05) is 42.5 Å². The van der Waals surface area contributed by atoms with E-state index in [4.69, 9.17) is 14.2 Å². The summed E-state index contributed by atoms with van der Waals surface area (Å²) in [5.41, 5.74) is 4.21. The predicted octanol–water partition coefficient (Wildman–Crippen LogP) is 6.57. The number of carbonyl (C=O) groups excluding carboxylic acids is 4. The second-order valence-corrected chi connectivity index (χ2v) is 11.7. The Bertz CT molecular complexity index is 1860. The number of hydrogen-bond acceptors (Lipinski definition) is 7. The van der Waals surface area contributed by atoms with E-state index in [0.717, 1.165) is 21.6 Å². The van der Waals surface area contributed by atoms with Gasteiger partial charge in [-0.15, -0.1) is 0 Å². The number of anilines is 2. The zero-order valence-electron chi connectivity index (χ0n) is 26.0. The van der Waals surface area contributed by atoms with E-state index in [9.17, 15) is 19.2 Å². The summed E-state index contributed by atoms with van der Waals surface area (Å²) in [6.45, 7) is 6.09. The Kier molecular flexibility index (Phi) is 10.6. The summed E-state index contributed by atoms with van der Waals surface area (Å²) in [4.78, 5) is 52.7. The molecule has 1 heterocycles. The van der Waals surface area contributed by atoms with Crippen LogP contribution in [0, 0.1) is 17.4 Å². The fraction of sp³-hybridized carbons (Fsp3) is 0.167. The molecule has 0 spiro atoms. The molecule has 0 unspecified atom stereocenters. The summed E-state index contributed by atoms with van der Waals surface area (Å²) in [6.07, 6.45) is 1.39. The molecular weight excluding hydrogens is 713 g/mol. The molecule has 4 aromatic rings. The van der Waals surface area contributed by atoms with Crippen molar-refractivity contribution in [2.24, 2.45) is 0 Å². The fourth-order valence-electron chi connectivity index (χ4n) is 4.78. The summed E-state index contributed by atoms with van der Waals surface area (Å²) in [5, 5.41) is 5.11. The lowest BCUT2D eigenvalue weighted by molar-refractivity contribution is -0.122. The van der Waals surface area contributed by atoms with Crippen LogP contribution in [0.4, 0.5) is 16.2 Å². The number of nitrogens with zero attached hydrogens (tertiary/aromatic N) is 1. The van der Waals surface area contributed by atoms with Crippen molar-refractivity contribution in [1.82, 2.24) is 5.32 Å². The van der Waals surface area contributed by atoms with Gasteiger partial charge in [-0.25, -0.2) is 9.69 Å². The third kappa shape index (κ3) is 7.98. The number of carbonyl (C=O) groups is 4. The highest BCUT2D eigenvalue weighted by Gasteiger charge is 2.37. The number of halogens is 1. The van der Waals surface area contributed by atoms with Crippen LogP contribution in [-0.4, -0.2) is 37.0 Å². The Morgan fingerprint density at radius 3 is 2.38 bits per heavy atom. The zero-order chi connectivity index (χ0) is 33.5. The first kappa shape index (κ1) is 33.2. The molecule has 1 fully saturated rings. The number of imide groups is 2. The number of urea groups is 1. The van der Waals surface area contributed by atoms with Gasteiger partial charge >= 0.3 is 6.03 Å². The topological polar surface area (TPSA) is 123 Å². The highest BCUT2D eigenvalue weighted by atomic mass is 127. The van der Waals surface area contributed by atoms with E-state index >= 15 is 0 Å². The fourth-order valence-corrected chi connectivity index (χ4v) is 5.56. The zero-order valence-corrected chi connectivity index (χ0v) is 28.1. The van der Waals surface area contributed by atoms with Crippen molar-refractivity contribution in [3.8, 4) is 17.2 Å². The average Bonchev–Trinajstić information content (AvgIpc) is 3.05. The summed E-state index contributed by atoms with van der Waals surface area (Å²) >= 11 is 2.04. The molecule has 1 aliphatic heterocycles. The molecule has 10 nitrogen and oxygen atoms in total. The molecule has 1 saturated heterocycles. The van der Waals surface area contributed by atoms with Crippen LogP contribution in [0.1, 0.15) is 29.2 Å². The smallest absolute Gasteiger partial charge is 0.335 e. The highest BCUT2D eigenvalue weighted by molar-refractivity contribution is 14.1. The molecule has 1 aliphatic rings. The van der Waals surface area contributed by atoms with E-state index in [2.05, 4.69) is 10.6 Å². The maximum absolute atomic E-state index is 13.5. The van der Waals surface area contributed by atoms with Gasteiger partial charge in [-0.2, -0.15) is 0 Å². The van der Waals surface area contributed by atoms with Gasteiger partial charge in [-0.05, 0) is 114 Å². The third-order valence-electron chi connectivity index (χ3n) is 7.31. The van der Waals surface area contributed by atoms with Gasteiger partial charge in [0, 0.05) is 5.69 Å². The van der Waals surface area contributed by atoms with Crippen LogP contribution in [0.3, 0.4) is 0 Å². The van der Waals surface area contributed by atoms with Gasteiger partial charge in [0.05, 0.1) is 15.9 Å². The Morgan fingerprint density at radius 2 is 1.66 bits per heavy atom. The van der Waals surface area contributed by atoms with Crippen molar-refractivity contribution >= 4 is 63.8 Å². The highest BCUT2D eigenvalue weighted by Crippen LogP contribution is 2.35. The largest absolute Gasteiger partial charge is 0.490 e. The number of benzene rings is 4. The quantitative estimate of drug-likeness (QED) is 0.101. The third-order valence-corrected chi connectivity index (χ3v) is 8.12. The molecule has 0 radical (unpaired) electrons. The van der Waals surface area contributed by atoms with E-state index in [-0.39, 0.29) is 23.8 Å². The van der Waals surface area contributed by atoms with Gasteiger partial charge in [0.2, 0.25) is 0 Å². The molecule has 0 aliphatic carbocycles.